The number of carboxylic acids is 1. The van der Waals surface area contributed by atoms with Crippen molar-refractivity contribution in [3.63, 3.8) is 0 Å². The number of rotatable bonds is 3. The maximum Gasteiger partial charge on any atom is 0.336 e. The van der Waals surface area contributed by atoms with E-state index in [1.165, 1.54) is 17.4 Å². The summed E-state index contributed by atoms with van der Waals surface area (Å²) in [5.41, 5.74) is 0.793. The zero-order chi connectivity index (χ0) is 13.3. The highest BCUT2D eigenvalue weighted by molar-refractivity contribution is 9.13. The summed E-state index contributed by atoms with van der Waals surface area (Å²) < 4.78 is 1.69. The number of thiophene rings is 1. The molecule has 0 aliphatic carbocycles. The number of halogens is 2. The standard InChI is InChI=1S/C12H8Br2O3S/c13-8-2-1-6(5-9(8)14)10(15)11-7(12(16)17)3-4-18-11/h1-5,10,15H,(H,16,17). The van der Waals surface area contributed by atoms with Crippen LogP contribution in [-0.4, -0.2) is 16.2 Å². The van der Waals surface area contributed by atoms with Crippen molar-refractivity contribution < 1.29 is 15.0 Å². The summed E-state index contributed by atoms with van der Waals surface area (Å²) in [6, 6.07) is 6.82. The molecule has 2 N–H and O–H groups in total. The van der Waals surface area contributed by atoms with Gasteiger partial charge in [-0.1, -0.05) is 6.07 Å². The summed E-state index contributed by atoms with van der Waals surface area (Å²) >= 11 is 7.93. The molecular formula is C12H8Br2O3S. The zero-order valence-electron chi connectivity index (χ0n) is 8.93. The van der Waals surface area contributed by atoms with Crippen LogP contribution in [0, 0.1) is 0 Å². The van der Waals surface area contributed by atoms with Gasteiger partial charge in [0, 0.05) is 8.95 Å². The molecule has 3 nitrogen and oxygen atoms in total. The number of hydrogen-bond acceptors (Lipinski definition) is 3. The minimum Gasteiger partial charge on any atom is -0.478 e. The van der Waals surface area contributed by atoms with E-state index in [1.807, 2.05) is 0 Å². The quantitative estimate of drug-likeness (QED) is 0.829. The molecule has 0 fully saturated rings. The Labute approximate surface area is 124 Å². The molecule has 1 aromatic carbocycles. The third kappa shape index (κ3) is 2.66. The molecule has 0 saturated heterocycles. The van der Waals surface area contributed by atoms with Crippen molar-refractivity contribution in [2.24, 2.45) is 0 Å². The van der Waals surface area contributed by atoms with E-state index < -0.39 is 12.1 Å². The average Bonchev–Trinajstić information content (AvgIpc) is 2.81. The summed E-state index contributed by atoms with van der Waals surface area (Å²) in [6.45, 7) is 0. The van der Waals surface area contributed by atoms with Gasteiger partial charge < -0.3 is 10.2 Å². The van der Waals surface area contributed by atoms with Gasteiger partial charge in [0.2, 0.25) is 0 Å². The Bertz CT molecular complexity index is 595. The smallest absolute Gasteiger partial charge is 0.336 e. The molecule has 0 aliphatic heterocycles. The van der Waals surface area contributed by atoms with Gasteiger partial charge in [-0.25, -0.2) is 4.79 Å². The molecule has 0 aliphatic rings. The predicted octanol–water partition coefficient (Wildman–Crippen LogP) is 4.05. The van der Waals surface area contributed by atoms with Gasteiger partial charge in [0.1, 0.15) is 6.10 Å². The van der Waals surface area contributed by atoms with E-state index in [-0.39, 0.29) is 5.56 Å². The normalized spacial score (nSPS) is 12.4. The third-order valence-corrected chi connectivity index (χ3v) is 5.28. The van der Waals surface area contributed by atoms with Gasteiger partial charge in [0.25, 0.3) is 0 Å². The molecule has 1 heterocycles. The van der Waals surface area contributed by atoms with Crippen molar-refractivity contribution in [1.29, 1.82) is 0 Å². The maximum atomic E-state index is 11.0. The highest BCUT2D eigenvalue weighted by atomic mass is 79.9. The van der Waals surface area contributed by atoms with Gasteiger partial charge in [0.05, 0.1) is 10.4 Å². The van der Waals surface area contributed by atoms with E-state index in [4.69, 9.17) is 5.11 Å². The number of carboxylic acid groups (broad SMARTS) is 1. The van der Waals surface area contributed by atoms with E-state index in [0.717, 1.165) is 8.95 Å². The molecule has 0 saturated carbocycles. The Balaban J connectivity index is 2.41. The Hall–Kier alpha value is -0.690. The van der Waals surface area contributed by atoms with Gasteiger partial charge in [0.15, 0.2) is 0 Å². The summed E-state index contributed by atoms with van der Waals surface area (Å²) in [4.78, 5) is 11.5. The SMILES string of the molecule is O=C(O)c1ccsc1C(O)c1ccc(Br)c(Br)c1. The molecule has 2 aromatic rings. The molecule has 6 heteroatoms. The molecule has 2 rings (SSSR count). The molecule has 0 amide bonds. The lowest BCUT2D eigenvalue weighted by Gasteiger charge is -2.11. The Morgan fingerprint density at radius 2 is 1.94 bits per heavy atom. The van der Waals surface area contributed by atoms with Crippen LogP contribution in [0.15, 0.2) is 38.6 Å². The highest BCUT2D eigenvalue weighted by Gasteiger charge is 2.20. The number of aliphatic hydroxyl groups excluding tert-OH is 1. The second-order valence-corrected chi connectivity index (χ2v) is 6.24. The van der Waals surface area contributed by atoms with Crippen LogP contribution in [0.1, 0.15) is 26.9 Å². The number of hydrogen-bond donors (Lipinski definition) is 2. The summed E-state index contributed by atoms with van der Waals surface area (Å²) in [5, 5.41) is 20.9. The van der Waals surface area contributed by atoms with E-state index in [9.17, 15) is 9.90 Å². The van der Waals surface area contributed by atoms with Crippen molar-refractivity contribution in [3.8, 4) is 0 Å². The fourth-order valence-electron chi connectivity index (χ4n) is 1.54. The van der Waals surface area contributed by atoms with Crippen LogP contribution in [0.2, 0.25) is 0 Å². The average molecular weight is 392 g/mol. The Kier molecular flexibility index (Phi) is 4.21. The van der Waals surface area contributed by atoms with Crippen molar-refractivity contribution in [3.05, 3.63) is 54.6 Å². The number of carbonyl (C=O) groups is 1. The van der Waals surface area contributed by atoms with Crippen LogP contribution in [-0.2, 0) is 0 Å². The number of aromatic carboxylic acids is 1. The molecule has 18 heavy (non-hydrogen) atoms. The minimum atomic E-state index is -1.03. The third-order valence-electron chi connectivity index (χ3n) is 2.43. The first-order valence-electron chi connectivity index (χ1n) is 4.94. The van der Waals surface area contributed by atoms with E-state index in [1.54, 1.807) is 23.6 Å². The van der Waals surface area contributed by atoms with Crippen LogP contribution in [0.25, 0.3) is 0 Å². The summed E-state index contributed by atoms with van der Waals surface area (Å²) in [7, 11) is 0. The monoisotopic (exact) mass is 390 g/mol. The molecule has 0 spiro atoms. The largest absolute Gasteiger partial charge is 0.478 e. The fourth-order valence-corrected chi connectivity index (χ4v) is 3.08. The lowest BCUT2D eigenvalue weighted by molar-refractivity contribution is 0.0692. The maximum absolute atomic E-state index is 11.0. The zero-order valence-corrected chi connectivity index (χ0v) is 12.9. The van der Waals surface area contributed by atoms with Gasteiger partial charge in [-0.3, -0.25) is 0 Å². The molecule has 1 unspecified atom stereocenters. The van der Waals surface area contributed by atoms with Gasteiger partial charge in [-0.05, 0) is 61.0 Å². The second-order valence-electron chi connectivity index (χ2n) is 3.58. The lowest BCUT2D eigenvalue weighted by atomic mass is 10.1. The minimum absolute atomic E-state index is 0.145. The summed E-state index contributed by atoms with van der Waals surface area (Å²) in [6.07, 6.45) is -0.930. The van der Waals surface area contributed by atoms with Crippen LogP contribution in [0.3, 0.4) is 0 Å². The highest BCUT2D eigenvalue weighted by Crippen LogP contribution is 2.33. The predicted molar refractivity (Wildman–Crippen MR) is 77.2 cm³/mol. The van der Waals surface area contributed by atoms with Gasteiger partial charge in [-0.2, -0.15) is 0 Å². The van der Waals surface area contributed by atoms with Gasteiger partial charge >= 0.3 is 5.97 Å². The Morgan fingerprint density at radius 1 is 1.22 bits per heavy atom. The first-order valence-corrected chi connectivity index (χ1v) is 7.41. The van der Waals surface area contributed by atoms with E-state index >= 15 is 0 Å². The van der Waals surface area contributed by atoms with Crippen LogP contribution in [0.5, 0.6) is 0 Å². The topological polar surface area (TPSA) is 57.5 Å². The molecular weight excluding hydrogens is 384 g/mol. The van der Waals surface area contributed by atoms with Crippen molar-refractivity contribution in [1.82, 2.24) is 0 Å². The van der Waals surface area contributed by atoms with E-state index in [0.29, 0.717) is 10.4 Å². The first-order chi connectivity index (χ1) is 8.50. The van der Waals surface area contributed by atoms with Crippen LogP contribution >= 0.6 is 43.2 Å². The van der Waals surface area contributed by atoms with Crippen molar-refractivity contribution >= 4 is 49.2 Å². The van der Waals surface area contributed by atoms with Crippen molar-refractivity contribution in [2.45, 2.75) is 6.10 Å². The summed E-state index contributed by atoms with van der Waals surface area (Å²) in [5.74, 6) is -1.03. The second kappa shape index (κ2) is 5.52. The lowest BCUT2D eigenvalue weighted by Crippen LogP contribution is -2.04. The van der Waals surface area contributed by atoms with E-state index in [2.05, 4.69) is 31.9 Å². The fraction of sp³-hybridized carbons (Fsp3) is 0.0833. The molecule has 1 atom stereocenters. The van der Waals surface area contributed by atoms with Crippen molar-refractivity contribution in [2.75, 3.05) is 0 Å². The molecule has 1 aromatic heterocycles. The Morgan fingerprint density at radius 3 is 2.56 bits per heavy atom. The molecule has 94 valence electrons. The number of benzene rings is 1. The van der Waals surface area contributed by atoms with Gasteiger partial charge in [-0.15, -0.1) is 11.3 Å². The van der Waals surface area contributed by atoms with Crippen LogP contribution in [0.4, 0.5) is 0 Å². The number of aliphatic hydroxyl groups is 1. The molecule has 0 radical (unpaired) electrons. The molecule has 0 bridgehead atoms. The van der Waals surface area contributed by atoms with Crippen LogP contribution < -0.4 is 0 Å². The first kappa shape index (κ1) is 13.7.